The molecule has 1 amide bonds. The van der Waals surface area contributed by atoms with Crippen LogP contribution in [0, 0.1) is 0 Å². The molecule has 2 atom stereocenters. The number of carbonyl (C=O) groups excluding carboxylic acids is 1. The number of anilines is 3. The van der Waals surface area contributed by atoms with Crippen LogP contribution >= 0.6 is 0 Å². The number of aromatic nitrogens is 4. The van der Waals surface area contributed by atoms with Gasteiger partial charge in [0.2, 0.25) is 11.9 Å². The Labute approximate surface area is 228 Å². The van der Waals surface area contributed by atoms with E-state index in [0.717, 1.165) is 53.8 Å². The van der Waals surface area contributed by atoms with Gasteiger partial charge in [0.1, 0.15) is 11.3 Å². The zero-order valence-electron chi connectivity index (χ0n) is 22.7. The summed E-state index contributed by atoms with van der Waals surface area (Å²) in [7, 11) is 2.04. The molecule has 0 radical (unpaired) electrons. The fourth-order valence-corrected chi connectivity index (χ4v) is 6.98. The third kappa shape index (κ3) is 4.39. The molecule has 3 saturated heterocycles. The molecule has 3 aromatic rings. The minimum Gasteiger partial charge on any atom is -0.387 e. The molecule has 7 rings (SSSR count). The first-order valence-electron chi connectivity index (χ1n) is 14.3. The van der Waals surface area contributed by atoms with Crippen LogP contribution in [0.1, 0.15) is 68.5 Å². The second-order valence-corrected chi connectivity index (χ2v) is 11.6. The Hall–Kier alpha value is -3.37. The molecule has 1 unspecified atom stereocenters. The number of rotatable bonds is 5. The van der Waals surface area contributed by atoms with Gasteiger partial charge in [-0.15, -0.1) is 0 Å². The van der Waals surface area contributed by atoms with E-state index in [-0.39, 0.29) is 11.9 Å². The van der Waals surface area contributed by atoms with Crippen LogP contribution in [0.15, 0.2) is 24.4 Å². The third-order valence-electron chi connectivity index (χ3n) is 9.10. The summed E-state index contributed by atoms with van der Waals surface area (Å²) in [4.78, 5) is 38.9. The van der Waals surface area contributed by atoms with Crippen molar-refractivity contribution in [2.75, 3.05) is 30.4 Å². The molecule has 0 aromatic carbocycles. The second-order valence-electron chi connectivity index (χ2n) is 11.6. The predicted molar refractivity (Wildman–Crippen MR) is 149 cm³/mol. The Balaban J connectivity index is 1.14. The van der Waals surface area contributed by atoms with Crippen molar-refractivity contribution in [2.45, 2.75) is 82.6 Å². The van der Waals surface area contributed by atoms with Gasteiger partial charge in [-0.1, -0.05) is 6.07 Å². The molecule has 4 aliphatic heterocycles. The molecule has 2 N–H and O–H groups in total. The topological polar surface area (TPSA) is 111 Å². The maximum atomic E-state index is 13.1. The van der Waals surface area contributed by atoms with Gasteiger partial charge >= 0.3 is 0 Å². The summed E-state index contributed by atoms with van der Waals surface area (Å²) in [5.74, 6) is 2.27. The summed E-state index contributed by atoms with van der Waals surface area (Å²) < 4.78 is 0. The first kappa shape index (κ1) is 24.7. The number of aliphatic hydroxyl groups is 1. The molecular formula is C29H36N8O2. The minimum absolute atomic E-state index is 0.0114. The number of likely N-dealkylation sites (N-methyl/N-ethyl adjacent to an activating group) is 1. The fraction of sp³-hybridized carbons (Fsp3) is 0.552. The number of hydrogen-bond acceptors (Lipinski definition) is 9. The number of nitrogens with zero attached hydrogens (tertiary/aromatic N) is 7. The van der Waals surface area contributed by atoms with Crippen molar-refractivity contribution in [2.24, 2.45) is 0 Å². The van der Waals surface area contributed by atoms with Gasteiger partial charge in [0, 0.05) is 48.9 Å². The monoisotopic (exact) mass is 528 g/mol. The lowest BCUT2D eigenvalue weighted by atomic mass is 10.0. The second kappa shape index (κ2) is 9.67. The number of hydrogen-bond donors (Lipinski definition) is 2. The summed E-state index contributed by atoms with van der Waals surface area (Å²) in [6, 6.07) is 6.88. The van der Waals surface area contributed by atoms with Crippen LogP contribution < -0.4 is 10.2 Å². The van der Waals surface area contributed by atoms with Gasteiger partial charge in [-0.25, -0.2) is 19.9 Å². The fourth-order valence-electron chi connectivity index (χ4n) is 6.98. The van der Waals surface area contributed by atoms with E-state index < -0.39 is 6.10 Å². The zero-order chi connectivity index (χ0) is 26.7. The lowest BCUT2D eigenvalue weighted by Crippen LogP contribution is -2.46. The van der Waals surface area contributed by atoms with Crippen molar-refractivity contribution in [3.05, 3.63) is 41.3 Å². The van der Waals surface area contributed by atoms with E-state index in [1.807, 2.05) is 30.3 Å². The summed E-state index contributed by atoms with van der Waals surface area (Å²) in [6.07, 6.45) is 8.65. The van der Waals surface area contributed by atoms with Crippen LogP contribution in [0.3, 0.4) is 0 Å². The normalized spacial score (nSPS) is 25.4. The van der Waals surface area contributed by atoms with Crippen molar-refractivity contribution in [1.82, 2.24) is 29.7 Å². The SMILES string of the molecule is CC(O)c1cc2cnc(Nc3ccc4c(n3)CCN(C(=O)[C@@H]3CCCN3C)C4)nc2c(N2C3CCC2CC3)n1. The molecular weight excluding hydrogens is 492 g/mol. The molecule has 0 spiro atoms. The molecule has 4 aliphatic rings. The van der Waals surface area contributed by atoms with Crippen LogP contribution in [-0.2, 0) is 17.8 Å². The number of nitrogens with one attached hydrogen (secondary N) is 1. The molecule has 0 aliphatic carbocycles. The Morgan fingerprint density at radius 2 is 1.87 bits per heavy atom. The van der Waals surface area contributed by atoms with E-state index in [9.17, 15) is 9.90 Å². The molecule has 10 nitrogen and oxygen atoms in total. The molecule has 39 heavy (non-hydrogen) atoms. The average Bonchev–Trinajstić information content (AvgIpc) is 3.67. The average molecular weight is 529 g/mol. The van der Waals surface area contributed by atoms with E-state index in [4.69, 9.17) is 15.0 Å². The van der Waals surface area contributed by atoms with Gasteiger partial charge in [0.05, 0.1) is 17.8 Å². The number of likely N-dealkylation sites (tertiary alicyclic amines) is 1. The van der Waals surface area contributed by atoms with E-state index in [2.05, 4.69) is 26.2 Å². The zero-order valence-corrected chi connectivity index (χ0v) is 22.7. The van der Waals surface area contributed by atoms with Gasteiger partial charge in [-0.05, 0) is 76.7 Å². The van der Waals surface area contributed by atoms with Gasteiger partial charge in [0.25, 0.3) is 0 Å². The van der Waals surface area contributed by atoms with Crippen LogP contribution in [-0.4, -0.2) is 79.0 Å². The molecule has 2 bridgehead atoms. The van der Waals surface area contributed by atoms with Gasteiger partial charge < -0.3 is 20.2 Å². The van der Waals surface area contributed by atoms with Crippen molar-refractivity contribution in [3.8, 4) is 0 Å². The van der Waals surface area contributed by atoms with Crippen molar-refractivity contribution in [3.63, 3.8) is 0 Å². The lowest BCUT2D eigenvalue weighted by Gasteiger charge is -2.32. The Morgan fingerprint density at radius 1 is 1.08 bits per heavy atom. The maximum absolute atomic E-state index is 13.1. The van der Waals surface area contributed by atoms with E-state index in [1.54, 1.807) is 6.92 Å². The molecule has 3 aromatic heterocycles. The van der Waals surface area contributed by atoms with Crippen molar-refractivity contribution in [1.29, 1.82) is 0 Å². The first-order valence-corrected chi connectivity index (χ1v) is 14.3. The highest BCUT2D eigenvalue weighted by molar-refractivity contribution is 5.90. The minimum atomic E-state index is -0.656. The van der Waals surface area contributed by atoms with E-state index in [1.165, 1.54) is 25.7 Å². The summed E-state index contributed by atoms with van der Waals surface area (Å²) in [5, 5.41) is 14.5. The molecule has 204 valence electrons. The number of carbonyl (C=O) groups is 1. The smallest absolute Gasteiger partial charge is 0.240 e. The van der Waals surface area contributed by atoms with Crippen molar-refractivity contribution < 1.29 is 9.90 Å². The quantitative estimate of drug-likeness (QED) is 0.515. The van der Waals surface area contributed by atoms with Crippen LogP contribution in [0.25, 0.3) is 10.9 Å². The highest BCUT2D eigenvalue weighted by atomic mass is 16.3. The molecule has 7 heterocycles. The lowest BCUT2D eigenvalue weighted by molar-refractivity contribution is -0.136. The maximum Gasteiger partial charge on any atom is 0.240 e. The molecule has 0 saturated carbocycles. The predicted octanol–water partition coefficient (Wildman–Crippen LogP) is 3.33. The van der Waals surface area contributed by atoms with Gasteiger partial charge in [0.15, 0.2) is 5.82 Å². The Morgan fingerprint density at radius 3 is 2.59 bits per heavy atom. The highest BCUT2D eigenvalue weighted by Gasteiger charge is 2.41. The van der Waals surface area contributed by atoms with Gasteiger partial charge in [-0.3, -0.25) is 9.69 Å². The molecule has 10 heteroatoms. The molecule has 3 fully saturated rings. The number of fused-ring (bicyclic) bond motifs is 4. The summed E-state index contributed by atoms with van der Waals surface area (Å²) in [6.45, 7) is 4.04. The van der Waals surface area contributed by atoms with Crippen molar-refractivity contribution >= 4 is 34.4 Å². The van der Waals surface area contributed by atoms with Crippen LogP contribution in [0.2, 0.25) is 0 Å². The number of pyridine rings is 2. The Kier molecular flexibility index (Phi) is 6.12. The van der Waals surface area contributed by atoms with Crippen LogP contribution in [0.4, 0.5) is 17.6 Å². The number of aliphatic hydroxyl groups excluding tert-OH is 1. The van der Waals surface area contributed by atoms with E-state index in [0.29, 0.717) is 42.6 Å². The third-order valence-corrected chi connectivity index (χ3v) is 9.10. The summed E-state index contributed by atoms with van der Waals surface area (Å²) >= 11 is 0. The highest BCUT2D eigenvalue weighted by Crippen LogP contribution is 2.42. The first-order chi connectivity index (χ1) is 18.9. The largest absolute Gasteiger partial charge is 0.387 e. The standard InChI is InChI=1S/C29H36N8O2/c1-17(38)23-14-19-15-30-29(34-26(19)27(32-23)37-20-6-7-21(37)9-8-20)33-25-10-5-18-16-36(13-11-22(18)31-25)28(39)24-4-3-12-35(24)2/h5,10,14-15,17,20-21,24,38H,3-4,6-9,11-13,16H2,1-2H3,(H,30,31,33,34)/t17?,20?,21?,24-/m0/s1. The Bertz CT molecular complexity index is 1410. The number of amides is 1. The van der Waals surface area contributed by atoms with E-state index >= 15 is 0 Å². The van der Waals surface area contributed by atoms with Crippen LogP contribution in [0.5, 0.6) is 0 Å². The summed E-state index contributed by atoms with van der Waals surface area (Å²) in [5.41, 5.74) is 3.57. The van der Waals surface area contributed by atoms with Gasteiger partial charge in [-0.2, -0.15) is 0 Å².